The fraction of sp³-hybridized carbons (Fsp3) is 0.462. The van der Waals surface area contributed by atoms with E-state index in [0.717, 1.165) is 31.0 Å². The van der Waals surface area contributed by atoms with Crippen molar-refractivity contribution in [2.75, 3.05) is 18.0 Å². The minimum atomic E-state index is -0.685. The molecular formula is C13H16ClNO2. The van der Waals surface area contributed by atoms with Gasteiger partial charge in [0.25, 0.3) is 0 Å². The highest BCUT2D eigenvalue weighted by molar-refractivity contribution is 6.30. The van der Waals surface area contributed by atoms with Gasteiger partial charge < -0.3 is 10.0 Å². The summed E-state index contributed by atoms with van der Waals surface area (Å²) in [6, 6.07) is 7.81. The zero-order chi connectivity index (χ0) is 12.3. The van der Waals surface area contributed by atoms with E-state index >= 15 is 0 Å². The number of hydrogen-bond acceptors (Lipinski definition) is 2. The molecule has 1 fully saturated rings. The van der Waals surface area contributed by atoms with Crippen molar-refractivity contribution < 1.29 is 9.90 Å². The van der Waals surface area contributed by atoms with Crippen LogP contribution in [-0.4, -0.2) is 24.2 Å². The van der Waals surface area contributed by atoms with E-state index in [2.05, 4.69) is 4.90 Å². The molecule has 0 bridgehead atoms. The van der Waals surface area contributed by atoms with Crippen molar-refractivity contribution in [2.24, 2.45) is 5.92 Å². The molecule has 0 atom stereocenters. The van der Waals surface area contributed by atoms with E-state index in [9.17, 15) is 4.79 Å². The lowest BCUT2D eigenvalue weighted by atomic mass is 9.93. The standard InChI is InChI=1S/C13H16ClNO2/c14-11-1-3-12(4-2-11)15-7-5-10(6-8-15)9-13(16)17/h1-4,10H,5-9H2,(H,16,17). The molecule has 17 heavy (non-hydrogen) atoms. The van der Waals surface area contributed by atoms with Gasteiger partial charge >= 0.3 is 5.97 Å². The van der Waals surface area contributed by atoms with Gasteiger partial charge in [0.2, 0.25) is 0 Å². The van der Waals surface area contributed by atoms with Crippen molar-refractivity contribution in [3.8, 4) is 0 Å². The number of carboxylic acids is 1. The monoisotopic (exact) mass is 253 g/mol. The molecule has 0 saturated carbocycles. The highest BCUT2D eigenvalue weighted by atomic mass is 35.5. The Morgan fingerprint density at radius 1 is 1.29 bits per heavy atom. The van der Waals surface area contributed by atoms with E-state index < -0.39 is 5.97 Å². The van der Waals surface area contributed by atoms with E-state index in [1.54, 1.807) is 0 Å². The first kappa shape index (κ1) is 12.2. The second-order valence-corrected chi connectivity index (χ2v) is 4.94. The minimum absolute atomic E-state index is 0.300. The predicted molar refractivity (Wildman–Crippen MR) is 68.6 cm³/mol. The maximum atomic E-state index is 10.6. The Kier molecular flexibility index (Phi) is 3.89. The predicted octanol–water partition coefficient (Wildman–Crippen LogP) is 3.03. The first-order valence-electron chi connectivity index (χ1n) is 5.87. The Morgan fingerprint density at radius 2 is 1.88 bits per heavy atom. The number of carboxylic acid groups (broad SMARTS) is 1. The summed E-state index contributed by atoms with van der Waals surface area (Å²) in [6.45, 7) is 1.86. The maximum Gasteiger partial charge on any atom is 0.303 e. The van der Waals surface area contributed by atoms with E-state index in [1.165, 1.54) is 5.69 Å². The van der Waals surface area contributed by atoms with Crippen molar-refractivity contribution in [2.45, 2.75) is 19.3 Å². The summed E-state index contributed by atoms with van der Waals surface area (Å²) in [5.41, 5.74) is 1.17. The van der Waals surface area contributed by atoms with Gasteiger partial charge in [0.15, 0.2) is 0 Å². The number of anilines is 1. The molecule has 1 aliphatic heterocycles. The van der Waals surface area contributed by atoms with Gasteiger partial charge in [0.1, 0.15) is 0 Å². The Morgan fingerprint density at radius 3 is 2.41 bits per heavy atom. The topological polar surface area (TPSA) is 40.5 Å². The highest BCUT2D eigenvalue weighted by Crippen LogP contribution is 2.26. The van der Waals surface area contributed by atoms with Crippen LogP contribution in [0.2, 0.25) is 5.02 Å². The fourth-order valence-electron chi connectivity index (χ4n) is 2.29. The van der Waals surface area contributed by atoms with Gasteiger partial charge in [0.05, 0.1) is 0 Å². The van der Waals surface area contributed by atoms with Crippen LogP contribution in [0.5, 0.6) is 0 Å². The van der Waals surface area contributed by atoms with Crippen molar-refractivity contribution in [3.05, 3.63) is 29.3 Å². The summed E-state index contributed by atoms with van der Waals surface area (Å²) in [4.78, 5) is 12.9. The third kappa shape index (κ3) is 3.37. The molecule has 3 nitrogen and oxygen atoms in total. The fourth-order valence-corrected chi connectivity index (χ4v) is 2.42. The Hall–Kier alpha value is -1.22. The van der Waals surface area contributed by atoms with Gasteiger partial charge in [0, 0.05) is 30.2 Å². The number of piperidine rings is 1. The number of rotatable bonds is 3. The Bertz CT molecular complexity index is 383. The number of aliphatic carboxylic acids is 1. The van der Waals surface area contributed by atoms with Crippen molar-refractivity contribution in [1.29, 1.82) is 0 Å². The van der Waals surface area contributed by atoms with Gasteiger partial charge in [-0.1, -0.05) is 11.6 Å². The molecule has 1 saturated heterocycles. The van der Waals surface area contributed by atoms with Crippen LogP contribution in [0.1, 0.15) is 19.3 Å². The molecule has 1 aromatic carbocycles. The third-order valence-electron chi connectivity index (χ3n) is 3.27. The average molecular weight is 254 g/mol. The molecule has 0 radical (unpaired) electrons. The number of carbonyl (C=O) groups is 1. The summed E-state index contributed by atoms with van der Waals surface area (Å²) < 4.78 is 0. The van der Waals surface area contributed by atoms with Gasteiger partial charge in [-0.25, -0.2) is 0 Å². The largest absolute Gasteiger partial charge is 0.481 e. The number of nitrogens with zero attached hydrogens (tertiary/aromatic N) is 1. The summed E-state index contributed by atoms with van der Waals surface area (Å²) in [7, 11) is 0. The molecule has 0 aromatic heterocycles. The Labute approximate surface area is 106 Å². The van der Waals surface area contributed by atoms with Crippen LogP contribution in [0.25, 0.3) is 0 Å². The smallest absolute Gasteiger partial charge is 0.303 e. The molecular weight excluding hydrogens is 238 g/mol. The zero-order valence-electron chi connectivity index (χ0n) is 9.60. The summed E-state index contributed by atoms with van der Waals surface area (Å²) in [5.74, 6) is -0.356. The summed E-state index contributed by atoms with van der Waals surface area (Å²) >= 11 is 5.85. The quantitative estimate of drug-likeness (QED) is 0.900. The molecule has 1 aromatic rings. The van der Waals surface area contributed by atoms with E-state index in [1.807, 2.05) is 24.3 Å². The lowest BCUT2D eigenvalue weighted by Crippen LogP contribution is -2.34. The number of halogens is 1. The van der Waals surface area contributed by atoms with Gasteiger partial charge in [-0.2, -0.15) is 0 Å². The lowest BCUT2D eigenvalue weighted by molar-refractivity contribution is -0.138. The second kappa shape index (κ2) is 5.41. The second-order valence-electron chi connectivity index (χ2n) is 4.50. The van der Waals surface area contributed by atoms with Crippen molar-refractivity contribution >= 4 is 23.3 Å². The van der Waals surface area contributed by atoms with Crippen LogP contribution >= 0.6 is 11.6 Å². The van der Waals surface area contributed by atoms with E-state index in [0.29, 0.717) is 12.3 Å². The molecule has 0 spiro atoms. The first-order valence-corrected chi connectivity index (χ1v) is 6.25. The van der Waals surface area contributed by atoms with Crippen molar-refractivity contribution in [1.82, 2.24) is 0 Å². The van der Waals surface area contributed by atoms with Crippen LogP contribution in [-0.2, 0) is 4.79 Å². The van der Waals surface area contributed by atoms with Crippen LogP contribution in [0.3, 0.4) is 0 Å². The summed E-state index contributed by atoms with van der Waals surface area (Å²) in [5, 5.41) is 9.50. The van der Waals surface area contributed by atoms with Crippen molar-refractivity contribution in [3.63, 3.8) is 0 Å². The molecule has 2 rings (SSSR count). The molecule has 1 aliphatic rings. The molecule has 0 aliphatic carbocycles. The van der Waals surface area contributed by atoms with Crippen LogP contribution in [0, 0.1) is 5.92 Å². The maximum absolute atomic E-state index is 10.6. The minimum Gasteiger partial charge on any atom is -0.481 e. The normalized spacial score (nSPS) is 17.1. The zero-order valence-corrected chi connectivity index (χ0v) is 10.4. The molecule has 1 heterocycles. The summed E-state index contributed by atoms with van der Waals surface area (Å²) in [6.07, 6.45) is 2.21. The van der Waals surface area contributed by atoms with Gasteiger partial charge in [-0.15, -0.1) is 0 Å². The highest BCUT2D eigenvalue weighted by Gasteiger charge is 2.21. The average Bonchev–Trinajstić information content (AvgIpc) is 2.30. The lowest BCUT2D eigenvalue weighted by Gasteiger charge is -2.33. The molecule has 0 unspecified atom stereocenters. The van der Waals surface area contributed by atoms with Crippen LogP contribution in [0.15, 0.2) is 24.3 Å². The van der Waals surface area contributed by atoms with Crippen LogP contribution in [0.4, 0.5) is 5.69 Å². The van der Waals surface area contributed by atoms with E-state index in [4.69, 9.17) is 16.7 Å². The van der Waals surface area contributed by atoms with E-state index in [-0.39, 0.29) is 0 Å². The molecule has 92 valence electrons. The number of hydrogen-bond donors (Lipinski definition) is 1. The SMILES string of the molecule is O=C(O)CC1CCN(c2ccc(Cl)cc2)CC1. The van der Waals surface area contributed by atoms with Crippen LogP contribution < -0.4 is 4.90 Å². The molecule has 0 amide bonds. The third-order valence-corrected chi connectivity index (χ3v) is 3.52. The first-order chi connectivity index (χ1) is 8.15. The Balaban J connectivity index is 1.90. The van der Waals surface area contributed by atoms with Gasteiger partial charge in [-0.05, 0) is 43.0 Å². The molecule has 4 heteroatoms. The molecule has 1 N–H and O–H groups in total. The number of benzene rings is 1. The van der Waals surface area contributed by atoms with Gasteiger partial charge in [-0.3, -0.25) is 4.79 Å².